The van der Waals surface area contributed by atoms with E-state index in [0.717, 1.165) is 0 Å². The maximum absolute atomic E-state index is 12.8. The highest BCUT2D eigenvalue weighted by Crippen LogP contribution is 2.33. The van der Waals surface area contributed by atoms with Crippen molar-refractivity contribution in [2.75, 3.05) is 26.2 Å². The fourth-order valence-corrected chi connectivity index (χ4v) is 2.97. The van der Waals surface area contributed by atoms with Gasteiger partial charge in [-0.25, -0.2) is 4.79 Å². The number of nitrogens with zero attached hydrogens (tertiary/aromatic N) is 2. The number of rotatable bonds is 1. The number of urea groups is 1. The molecule has 0 saturated carbocycles. The second kappa shape index (κ2) is 6.11. The van der Waals surface area contributed by atoms with E-state index < -0.39 is 30.0 Å². The van der Waals surface area contributed by atoms with Crippen molar-refractivity contribution in [2.45, 2.75) is 31.9 Å². The smallest absolute Gasteiger partial charge is 0.393 e. The van der Waals surface area contributed by atoms with Crippen LogP contribution in [0, 0.1) is 11.8 Å². The minimum Gasteiger partial charge on any atom is -0.481 e. The van der Waals surface area contributed by atoms with Crippen LogP contribution in [0.25, 0.3) is 0 Å². The molecule has 0 spiro atoms. The van der Waals surface area contributed by atoms with Crippen LogP contribution in [0.4, 0.5) is 18.0 Å². The number of hydrogen-bond acceptors (Lipinski definition) is 2. The molecular formula is C13H19F3N2O3. The molecule has 2 aliphatic heterocycles. The van der Waals surface area contributed by atoms with E-state index in [1.165, 1.54) is 9.80 Å². The normalized spacial score (nSPS) is 27.6. The van der Waals surface area contributed by atoms with Crippen LogP contribution in [0.5, 0.6) is 0 Å². The van der Waals surface area contributed by atoms with Gasteiger partial charge >= 0.3 is 18.2 Å². The molecular weight excluding hydrogens is 289 g/mol. The number of amides is 2. The van der Waals surface area contributed by atoms with Crippen LogP contribution < -0.4 is 0 Å². The fraction of sp³-hybridized carbons (Fsp3) is 0.846. The molecule has 0 bridgehead atoms. The fourth-order valence-electron chi connectivity index (χ4n) is 2.97. The molecule has 2 aliphatic rings. The van der Waals surface area contributed by atoms with Gasteiger partial charge in [-0.05, 0) is 25.7 Å². The standard InChI is InChI=1S/C13H19F3N2O3/c14-13(15,16)10-4-2-6-18(8-10)12(21)17-5-1-3-9(7-17)11(19)20/h9-10H,1-8H2,(H,19,20). The lowest BCUT2D eigenvalue weighted by Crippen LogP contribution is -2.52. The van der Waals surface area contributed by atoms with E-state index in [1.54, 1.807) is 0 Å². The van der Waals surface area contributed by atoms with Crippen LogP contribution in [0.2, 0.25) is 0 Å². The van der Waals surface area contributed by atoms with E-state index in [4.69, 9.17) is 5.11 Å². The summed E-state index contributed by atoms with van der Waals surface area (Å²) in [6, 6.07) is -0.463. The molecule has 120 valence electrons. The van der Waals surface area contributed by atoms with Crippen LogP contribution >= 0.6 is 0 Å². The molecule has 0 aromatic heterocycles. The molecule has 2 fully saturated rings. The van der Waals surface area contributed by atoms with Crippen molar-refractivity contribution in [2.24, 2.45) is 11.8 Å². The third kappa shape index (κ3) is 3.79. The third-order valence-electron chi connectivity index (χ3n) is 4.20. The Balaban J connectivity index is 1.97. The van der Waals surface area contributed by atoms with Crippen LogP contribution in [0.1, 0.15) is 25.7 Å². The predicted octanol–water partition coefficient (Wildman–Crippen LogP) is 2.18. The lowest BCUT2D eigenvalue weighted by atomic mass is 9.96. The van der Waals surface area contributed by atoms with Gasteiger partial charge < -0.3 is 14.9 Å². The monoisotopic (exact) mass is 308 g/mol. The highest BCUT2D eigenvalue weighted by atomic mass is 19.4. The van der Waals surface area contributed by atoms with Crippen LogP contribution in [0.3, 0.4) is 0 Å². The number of piperidine rings is 2. The van der Waals surface area contributed by atoms with Crippen molar-refractivity contribution in [1.82, 2.24) is 9.80 Å². The molecule has 5 nitrogen and oxygen atoms in total. The minimum atomic E-state index is -4.29. The average molecular weight is 308 g/mol. The number of carbonyl (C=O) groups is 2. The van der Waals surface area contributed by atoms with Gasteiger partial charge in [0.2, 0.25) is 0 Å². The van der Waals surface area contributed by atoms with Crippen LogP contribution in [-0.2, 0) is 4.79 Å². The van der Waals surface area contributed by atoms with Crippen LogP contribution in [0.15, 0.2) is 0 Å². The first-order chi connectivity index (χ1) is 9.79. The minimum absolute atomic E-state index is 0.0467. The Kier molecular flexibility index (Phi) is 4.63. The molecule has 2 atom stereocenters. The molecule has 0 aromatic rings. The van der Waals surface area contributed by atoms with Gasteiger partial charge in [-0.3, -0.25) is 4.79 Å². The zero-order chi connectivity index (χ0) is 15.6. The first kappa shape index (κ1) is 15.9. The number of hydrogen-bond donors (Lipinski definition) is 1. The molecule has 1 N–H and O–H groups in total. The Hall–Kier alpha value is -1.47. The van der Waals surface area contributed by atoms with Crippen molar-refractivity contribution in [3.05, 3.63) is 0 Å². The summed E-state index contributed by atoms with van der Waals surface area (Å²) in [6.45, 7) is 0.480. The first-order valence-corrected chi connectivity index (χ1v) is 7.12. The maximum Gasteiger partial charge on any atom is 0.393 e. The Morgan fingerprint density at radius 1 is 1.00 bits per heavy atom. The summed E-state index contributed by atoms with van der Waals surface area (Å²) in [4.78, 5) is 25.9. The summed E-state index contributed by atoms with van der Waals surface area (Å²) in [5, 5.41) is 9.00. The second-order valence-electron chi connectivity index (χ2n) is 5.73. The van der Waals surface area contributed by atoms with Crippen molar-refractivity contribution >= 4 is 12.0 Å². The summed E-state index contributed by atoms with van der Waals surface area (Å²) < 4.78 is 38.3. The number of alkyl halides is 3. The third-order valence-corrected chi connectivity index (χ3v) is 4.20. The molecule has 21 heavy (non-hydrogen) atoms. The van der Waals surface area contributed by atoms with E-state index in [2.05, 4.69) is 0 Å². The number of likely N-dealkylation sites (tertiary alicyclic amines) is 2. The summed E-state index contributed by atoms with van der Waals surface area (Å²) >= 11 is 0. The van der Waals surface area contributed by atoms with Gasteiger partial charge in [0.25, 0.3) is 0 Å². The van der Waals surface area contributed by atoms with Gasteiger partial charge in [0.15, 0.2) is 0 Å². The summed E-state index contributed by atoms with van der Waals surface area (Å²) in [5.41, 5.74) is 0. The van der Waals surface area contributed by atoms with E-state index >= 15 is 0 Å². The highest BCUT2D eigenvalue weighted by Gasteiger charge is 2.43. The molecule has 2 rings (SSSR count). The van der Waals surface area contributed by atoms with Gasteiger partial charge in [-0.1, -0.05) is 0 Å². The van der Waals surface area contributed by atoms with Gasteiger partial charge in [0.05, 0.1) is 11.8 Å². The Labute approximate surface area is 120 Å². The summed E-state index contributed by atoms with van der Waals surface area (Å²) in [5.74, 6) is -3.06. The Morgan fingerprint density at radius 3 is 2.14 bits per heavy atom. The zero-order valence-corrected chi connectivity index (χ0v) is 11.6. The highest BCUT2D eigenvalue weighted by molar-refractivity contribution is 5.76. The van der Waals surface area contributed by atoms with Crippen molar-refractivity contribution in [3.8, 4) is 0 Å². The molecule has 2 amide bonds. The Morgan fingerprint density at radius 2 is 1.57 bits per heavy atom. The van der Waals surface area contributed by atoms with Crippen molar-refractivity contribution in [1.29, 1.82) is 0 Å². The quantitative estimate of drug-likeness (QED) is 0.807. The first-order valence-electron chi connectivity index (χ1n) is 7.12. The molecule has 0 aromatic carbocycles. The molecule has 2 saturated heterocycles. The second-order valence-corrected chi connectivity index (χ2v) is 5.73. The van der Waals surface area contributed by atoms with E-state index in [9.17, 15) is 22.8 Å². The lowest BCUT2D eigenvalue weighted by molar-refractivity contribution is -0.184. The van der Waals surface area contributed by atoms with E-state index in [1.807, 2.05) is 0 Å². The molecule has 2 unspecified atom stereocenters. The predicted molar refractivity (Wildman–Crippen MR) is 67.7 cm³/mol. The SMILES string of the molecule is O=C(O)C1CCCN(C(=O)N2CCCC(C(F)(F)F)C2)C1. The molecule has 0 radical (unpaired) electrons. The number of halogens is 3. The largest absolute Gasteiger partial charge is 0.481 e. The molecule has 8 heteroatoms. The van der Waals surface area contributed by atoms with Crippen molar-refractivity contribution < 1.29 is 27.9 Å². The Bertz CT molecular complexity index is 414. The van der Waals surface area contributed by atoms with Crippen LogP contribution in [-0.4, -0.2) is 59.3 Å². The lowest BCUT2D eigenvalue weighted by Gasteiger charge is -2.39. The summed E-state index contributed by atoms with van der Waals surface area (Å²) in [7, 11) is 0. The number of carbonyl (C=O) groups excluding carboxylic acids is 1. The number of carboxylic acid groups (broad SMARTS) is 1. The topological polar surface area (TPSA) is 60.9 Å². The maximum atomic E-state index is 12.8. The van der Waals surface area contributed by atoms with Gasteiger partial charge in [-0.2, -0.15) is 13.2 Å². The van der Waals surface area contributed by atoms with Gasteiger partial charge in [0, 0.05) is 26.2 Å². The van der Waals surface area contributed by atoms with Gasteiger partial charge in [0.1, 0.15) is 0 Å². The average Bonchev–Trinajstić information content (AvgIpc) is 2.46. The molecule has 2 heterocycles. The zero-order valence-electron chi connectivity index (χ0n) is 11.6. The van der Waals surface area contributed by atoms with Crippen molar-refractivity contribution in [3.63, 3.8) is 0 Å². The summed E-state index contributed by atoms with van der Waals surface area (Å²) in [6.07, 6.45) is -2.84. The van der Waals surface area contributed by atoms with E-state index in [-0.39, 0.29) is 19.5 Å². The number of carboxylic acids is 1. The molecule has 0 aliphatic carbocycles. The van der Waals surface area contributed by atoms with Gasteiger partial charge in [-0.15, -0.1) is 0 Å². The van der Waals surface area contributed by atoms with E-state index in [0.29, 0.717) is 32.4 Å². The number of aliphatic carboxylic acids is 1.